The molecule has 0 bridgehead atoms. The summed E-state index contributed by atoms with van der Waals surface area (Å²) in [6.07, 6.45) is 6.14. The van der Waals surface area contributed by atoms with Gasteiger partial charge in [-0.25, -0.2) is 0 Å². The van der Waals surface area contributed by atoms with Gasteiger partial charge in [-0.05, 0) is 69.9 Å². The molecule has 3 heterocycles. The summed E-state index contributed by atoms with van der Waals surface area (Å²) in [5.41, 5.74) is 4.20. The highest BCUT2D eigenvalue weighted by molar-refractivity contribution is 5.48. The summed E-state index contributed by atoms with van der Waals surface area (Å²) in [7, 11) is 0. The molecule has 0 amide bonds. The highest BCUT2D eigenvalue weighted by atomic mass is 16.5. The zero-order valence-corrected chi connectivity index (χ0v) is 19.6. The molecule has 2 aliphatic heterocycles. The Bertz CT molecular complexity index is 812. The third kappa shape index (κ3) is 6.06. The zero-order chi connectivity index (χ0) is 21.9. The third-order valence-electron chi connectivity index (χ3n) is 6.49. The Kier molecular flexibility index (Phi) is 6.65. The van der Waals surface area contributed by atoms with Gasteiger partial charge >= 0.3 is 0 Å². The van der Waals surface area contributed by atoms with Gasteiger partial charge in [-0.1, -0.05) is 18.2 Å². The predicted molar refractivity (Wildman–Crippen MR) is 127 cm³/mol. The molecule has 0 spiro atoms. The average Bonchev–Trinajstić information content (AvgIpc) is 2.73. The fourth-order valence-corrected chi connectivity index (χ4v) is 5.44. The van der Waals surface area contributed by atoms with Crippen molar-refractivity contribution in [2.45, 2.75) is 70.7 Å². The van der Waals surface area contributed by atoms with Crippen LogP contribution in [0.15, 0.2) is 48.8 Å². The van der Waals surface area contributed by atoms with Gasteiger partial charge in [0, 0.05) is 61.4 Å². The van der Waals surface area contributed by atoms with Crippen molar-refractivity contribution in [1.29, 1.82) is 0 Å². The fourth-order valence-electron chi connectivity index (χ4n) is 5.44. The maximum absolute atomic E-state index is 5.50. The summed E-state index contributed by atoms with van der Waals surface area (Å²) < 4.78 is 5.50. The maximum atomic E-state index is 5.50. The summed E-state index contributed by atoms with van der Waals surface area (Å²) in [6, 6.07) is 13.9. The molecule has 0 atom stereocenters. The second-order valence-corrected chi connectivity index (χ2v) is 10.5. The molecule has 31 heavy (non-hydrogen) atoms. The van der Waals surface area contributed by atoms with E-state index in [9.17, 15) is 0 Å². The number of nitrogens with zero attached hydrogens (tertiary/aromatic N) is 3. The van der Waals surface area contributed by atoms with E-state index in [1.165, 1.54) is 16.8 Å². The first-order valence-corrected chi connectivity index (χ1v) is 11.6. The first-order chi connectivity index (χ1) is 14.8. The molecule has 1 N–H and O–H groups in total. The molecule has 2 aromatic rings. The summed E-state index contributed by atoms with van der Waals surface area (Å²) >= 11 is 0. The topological polar surface area (TPSA) is 40.6 Å². The van der Waals surface area contributed by atoms with Crippen LogP contribution in [0, 0.1) is 0 Å². The molecule has 0 aliphatic carbocycles. The lowest BCUT2D eigenvalue weighted by molar-refractivity contribution is 0.0563. The Labute approximate surface area is 187 Å². The quantitative estimate of drug-likeness (QED) is 0.754. The number of aromatic nitrogens is 1. The molecule has 5 heteroatoms. The molecular weight excluding hydrogens is 384 g/mol. The van der Waals surface area contributed by atoms with Crippen molar-refractivity contribution in [3.63, 3.8) is 0 Å². The van der Waals surface area contributed by atoms with E-state index in [0.717, 1.165) is 52.2 Å². The van der Waals surface area contributed by atoms with Crippen LogP contribution in [0.1, 0.15) is 51.7 Å². The van der Waals surface area contributed by atoms with Gasteiger partial charge in [0.05, 0.1) is 13.2 Å². The van der Waals surface area contributed by atoms with Gasteiger partial charge in [0.2, 0.25) is 0 Å². The second-order valence-electron chi connectivity index (χ2n) is 10.5. The minimum Gasteiger partial charge on any atom is -0.378 e. The van der Waals surface area contributed by atoms with Crippen molar-refractivity contribution >= 4 is 5.69 Å². The van der Waals surface area contributed by atoms with Crippen molar-refractivity contribution in [1.82, 2.24) is 15.2 Å². The molecular formula is C26H38N4O. The third-order valence-corrected chi connectivity index (χ3v) is 6.49. The minimum absolute atomic E-state index is 0.125. The van der Waals surface area contributed by atoms with Gasteiger partial charge in [0.1, 0.15) is 0 Å². The Morgan fingerprint density at radius 1 is 0.968 bits per heavy atom. The van der Waals surface area contributed by atoms with Crippen molar-refractivity contribution in [2.24, 2.45) is 0 Å². The number of pyridine rings is 1. The molecule has 168 valence electrons. The van der Waals surface area contributed by atoms with Gasteiger partial charge in [-0.15, -0.1) is 0 Å². The van der Waals surface area contributed by atoms with E-state index in [2.05, 4.69) is 78.1 Å². The SMILES string of the molecule is CC1(C)CC(N(Cc2ccc(N3CCOCC3)cc2)Cc2cccnc2)CC(C)(C)N1. The van der Waals surface area contributed by atoms with E-state index in [-0.39, 0.29) is 11.1 Å². The molecule has 5 nitrogen and oxygen atoms in total. The Morgan fingerprint density at radius 2 is 1.61 bits per heavy atom. The van der Waals surface area contributed by atoms with E-state index >= 15 is 0 Å². The van der Waals surface area contributed by atoms with Gasteiger partial charge in [-0.3, -0.25) is 9.88 Å². The van der Waals surface area contributed by atoms with Crippen molar-refractivity contribution < 1.29 is 4.74 Å². The Hall–Kier alpha value is -1.95. The lowest BCUT2D eigenvalue weighted by Crippen LogP contribution is -2.62. The number of morpholine rings is 1. The number of hydrogen-bond acceptors (Lipinski definition) is 5. The van der Waals surface area contributed by atoms with E-state index < -0.39 is 0 Å². The van der Waals surface area contributed by atoms with E-state index in [4.69, 9.17) is 4.74 Å². The highest BCUT2D eigenvalue weighted by Crippen LogP contribution is 2.33. The number of nitrogens with one attached hydrogen (secondary N) is 1. The van der Waals surface area contributed by atoms with Crippen LogP contribution in [0.5, 0.6) is 0 Å². The Morgan fingerprint density at radius 3 is 2.23 bits per heavy atom. The van der Waals surface area contributed by atoms with Crippen LogP contribution in [0.25, 0.3) is 0 Å². The number of hydrogen-bond donors (Lipinski definition) is 1. The normalized spacial score (nSPS) is 21.4. The van der Waals surface area contributed by atoms with E-state index in [1.807, 2.05) is 18.5 Å². The summed E-state index contributed by atoms with van der Waals surface area (Å²) in [5.74, 6) is 0. The van der Waals surface area contributed by atoms with E-state index in [0.29, 0.717) is 6.04 Å². The van der Waals surface area contributed by atoms with Crippen molar-refractivity contribution in [2.75, 3.05) is 31.2 Å². The molecule has 0 radical (unpaired) electrons. The average molecular weight is 423 g/mol. The first-order valence-electron chi connectivity index (χ1n) is 11.6. The minimum atomic E-state index is 0.125. The smallest absolute Gasteiger partial charge is 0.0642 e. The highest BCUT2D eigenvalue weighted by Gasteiger charge is 2.39. The number of anilines is 1. The molecule has 0 saturated carbocycles. The predicted octanol–water partition coefficient (Wildman–Crippen LogP) is 4.23. The van der Waals surface area contributed by atoms with Crippen LogP contribution in [0.2, 0.25) is 0 Å². The monoisotopic (exact) mass is 422 g/mol. The Balaban J connectivity index is 1.53. The largest absolute Gasteiger partial charge is 0.378 e. The molecule has 1 aromatic carbocycles. The molecule has 1 aromatic heterocycles. The summed E-state index contributed by atoms with van der Waals surface area (Å²) in [6.45, 7) is 14.8. The number of benzene rings is 1. The lowest BCUT2D eigenvalue weighted by atomic mass is 9.79. The van der Waals surface area contributed by atoms with Crippen LogP contribution in [-0.2, 0) is 17.8 Å². The molecule has 0 unspecified atom stereocenters. The van der Waals surface area contributed by atoms with Crippen molar-refractivity contribution in [3.8, 4) is 0 Å². The standard InChI is InChI=1S/C26H38N4O/c1-25(2)16-24(17-26(3,4)28-25)30(20-22-6-5-11-27-18-22)19-21-7-9-23(10-8-21)29-12-14-31-15-13-29/h5-11,18,24,28H,12-17,19-20H2,1-4H3. The number of ether oxygens (including phenoxy) is 1. The lowest BCUT2D eigenvalue weighted by Gasteiger charge is -2.49. The van der Waals surface area contributed by atoms with Gasteiger partial charge in [0.15, 0.2) is 0 Å². The van der Waals surface area contributed by atoms with Crippen LogP contribution in [0.4, 0.5) is 5.69 Å². The van der Waals surface area contributed by atoms with Gasteiger partial charge in [0.25, 0.3) is 0 Å². The molecule has 2 saturated heterocycles. The zero-order valence-electron chi connectivity index (χ0n) is 19.6. The van der Waals surface area contributed by atoms with Crippen molar-refractivity contribution in [3.05, 3.63) is 59.9 Å². The molecule has 4 rings (SSSR count). The van der Waals surface area contributed by atoms with Crippen LogP contribution < -0.4 is 10.2 Å². The molecule has 2 aliphatic rings. The summed E-state index contributed by atoms with van der Waals surface area (Å²) in [4.78, 5) is 9.43. The fraction of sp³-hybridized carbons (Fsp3) is 0.577. The first kappa shape index (κ1) is 22.3. The summed E-state index contributed by atoms with van der Waals surface area (Å²) in [5, 5.41) is 3.83. The second kappa shape index (κ2) is 9.27. The maximum Gasteiger partial charge on any atom is 0.0642 e. The number of piperidine rings is 1. The van der Waals surface area contributed by atoms with Gasteiger partial charge < -0.3 is 15.0 Å². The van der Waals surface area contributed by atoms with Gasteiger partial charge in [-0.2, -0.15) is 0 Å². The van der Waals surface area contributed by atoms with Crippen LogP contribution >= 0.6 is 0 Å². The van der Waals surface area contributed by atoms with Crippen LogP contribution in [0.3, 0.4) is 0 Å². The van der Waals surface area contributed by atoms with Crippen LogP contribution in [-0.4, -0.2) is 53.3 Å². The number of rotatable bonds is 6. The van der Waals surface area contributed by atoms with E-state index in [1.54, 1.807) is 0 Å². The molecule has 2 fully saturated rings.